The van der Waals surface area contributed by atoms with Crippen LogP contribution in [0.25, 0.3) is 10.9 Å². The number of likely N-dealkylation sites (N-methyl/N-ethyl adjacent to an activating group) is 1. The number of aromatic nitrogens is 2. The molecule has 0 unspecified atom stereocenters. The molecule has 2 aromatic rings. The summed E-state index contributed by atoms with van der Waals surface area (Å²) in [6.07, 6.45) is -0.563. The minimum Gasteiger partial charge on any atom is -0.463 e. The molecule has 1 aromatic heterocycles. The van der Waals surface area contributed by atoms with Crippen LogP contribution in [0.15, 0.2) is 22.7 Å². The van der Waals surface area contributed by atoms with Crippen molar-refractivity contribution in [2.24, 2.45) is 7.05 Å². The van der Waals surface area contributed by atoms with Gasteiger partial charge in [0.25, 0.3) is 5.91 Å². The molecule has 6 heteroatoms. The molecule has 0 radical (unpaired) electrons. The molecule has 0 saturated carbocycles. The number of carbonyl (C=O) groups is 1. The highest BCUT2D eigenvalue weighted by Crippen LogP contribution is 2.28. The van der Waals surface area contributed by atoms with Crippen LogP contribution in [0.5, 0.6) is 5.88 Å². The van der Waals surface area contributed by atoms with Crippen molar-refractivity contribution in [1.82, 2.24) is 14.7 Å². The summed E-state index contributed by atoms with van der Waals surface area (Å²) in [6.45, 7) is 1.72. The van der Waals surface area contributed by atoms with E-state index in [-0.39, 0.29) is 5.91 Å². The van der Waals surface area contributed by atoms with Gasteiger partial charge in [0.15, 0.2) is 6.10 Å². The third-order valence-electron chi connectivity index (χ3n) is 2.86. The van der Waals surface area contributed by atoms with Crippen molar-refractivity contribution in [2.45, 2.75) is 13.0 Å². The Hall–Kier alpha value is -1.56. The van der Waals surface area contributed by atoms with Gasteiger partial charge in [-0.2, -0.15) is 0 Å². The molecule has 2 rings (SSSR count). The number of nitrogens with zero attached hydrogens (tertiary/aromatic N) is 3. The lowest BCUT2D eigenvalue weighted by atomic mass is 10.2. The Morgan fingerprint density at radius 3 is 2.79 bits per heavy atom. The van der Waals surface area contributed by atoms with Gasteiger partial charge in [0.1, 0.15) is 0 Å². The lowest BCUT2D eigenvalue weighted by Gasteiger charge is -2.17. The fourth-order valence-corrected chi connectivity index (χ4v) is 2.24. The van der Waals surface area contributed by atoms with Crippen LogP contribution in [-0.4, -0.2) is 40.8 Å². The van der Waals surface area contributed by atoms with E-state index in [2.05, 4.69) is 21.0 Å². The summed E-state index contributed by atoms with van der Waals surface area (Å²) in [6, 6.07) is 5.84. The quantitative estimate of drug-likeness (QED) is 0.869. The molecule has 1 amide bonds. The molecule has 0 aliphatic heterocycles. The Kier molecular flexibility index (Phi) is 3.80. The smallest absolute Gasteiger partial charge is 0.262 e. The van der Waals surface area contributed by atoms with Crippen LogP contribution in [0.1, 0.15) is 6.92 Å². The lowest BCUT2D eigenvalue weighted by molar-refractivity contribution is -0.135. The number of hydrogen-bond acceptors (Lipinski definition) is 3. The van der Waals surface area contributed by atoms with E-state index in [1.165, 1.54) is 4.90 Å². The number of ether oxygens (including phenoxy) is 1. The van der Waals surface area contributed by atoms with Gasteiger partial charge in [0.2, 0.25) is 5.88 Å². The van der Waals surface area contributed by atoms with Crippen molar-refractivity contribution in [3.8, 4) is 5.88 Å². The highest BCUT2D eigenvalue weighted by molar-refractivity contribution is 9.10. The number of benzene rings is 1. The van der Waals surface area contributed by atoms with E-state index in [0.29, 0.717) is 5.88 Å². The number of halogens is 1. The summed E-state index contributed by atoms with van der Waals surface area (Å²) in [5, 5.41) is 5.20. The normalized spacial score (nSPS) is 12.5. The van der Waals surface area contributed by atoms with Gasteiger partial charge in [-0.25, -0.2) is 0 Å². The van der Waals surface area contributed by atoms with E-state index in [4.69, 9.17) is 4.74 Å². The summed E-state index contributed by atoms with van der Waals surface area (Å²) in [7, 11) is 5.26. The Morgan fingerprint density at radius 1 is 1.47 bits per heavy atom. The highest BCUT2D eigenvalue weighted by Gasteiger charge is 2.20. The first kappa shape index (κ1) is 13.9. The van der Waals surface area contributed by atoms with E-state index in [9.17, 15) is 4.79 Å². The standard InChI is InChI=1S/C13H16BrN3O2/c1-8(13(18)16(2)3)19-12-10-7-9(14)5-6-11(10)17(4)15-12/h5-8H,1-4H3/t8-/m0/s1. The number of amides is 1. The van der Waals surface area contributed by atoms with Gasteiger partial charge in [0, 0.05) is 25.6 Å². The molecular weight excluding hydrogens is 310 g/mol. The minimum atomic E-state index is -0.563. The molecule has 1 heterocycles. The number of fused-ring (bicyclic) bond motifs is 1. The molecule has 0 fully saturated rings. The van der Waals surface area contributed by atoms with Gasteiger partial charge in [0.05, 0.1) is 10.9 Å². The van der Waals surface area contributed by atoms with Crippen LogP contribution in [0.3, 0.4) is 0 Å². The van der Waals surface area contributed by atoms with E-state index in [0.717, 1.165) is 15.4 Å². The fourth-order valence-electron chi connectivity index (χ4n) is 1.87. The molecule has 1 atom stereocenters. The summed E-state index contributed by atoms with van der Waals surface area (Å²) in [5.74, 6) is 0.385. The lowest BCUT2D eigenvalue weighted by Crippen LogP contribution is -2.35. The van der Waals surface area contributed by atoms with E-state index < -0.39 is 6.10 Å². The second-order valence-corrected chi connectivity index (χ2v) is 5.50. The van der Waals surface area contributed by atoms with Crippen LogP contribution in [0.4, 0.5) is 0 Å². The number of hydrogen-bond donors (Lipinski definition) is 0. The van der Waals surface area contributed by atoms with Gasteiger partial charge in [-0.3, -0.25) is 9.48 Å². The molecule has 1 aromatic carbocycles. The Bertz CT molecular complexity index is 622. The maximum absolute atomic E-state index is 11.8. The first-order valence-corrected chi connectivity index (χ1v) is 6.69. The zero-order valence-corrected chi connectivity index (χ0v) is 12.9. The van der Waals surface area contributed by atoms with Crippen molar-refractivity contribution in [3.05, 3.63) is 22.7 Å². The maximum Gasteiger partial charge on any atom is 0.262 e. The number of carbonyl (C=O) groups excluding carboxylic acids is 1. The average molecular weight is 326 g/mol. The second kappa shape index (κ2) is 5.21. The molecule has 0 N–H and O–H groups in total. The van der Waals surface area contributed by atoms with Crippen molar-refractivity contribution in [3.63, 3.8) is 0 Å². The summed E-state index contributed by atoms with van der Waals surface area (Å²) in [5.41, 5.74) is 0.961. The monoisotopic (exact) mass is 325 g/mol. The Labute approximate surface area is 120 Å². The molecule has 0 aliphatic carbocycles. The predicted molar refractivity (Wildman–Crippen MR) is 77.2 cm³/mol. The summed E-state index contributed by atoms with van der Waals surface area (Å²) >= 11 is 3.43. The van der Waals surface area contributed by atoms with Crippen molar-refractivity contribution >= 4 is 32.7 Å². The first-order valence-electron chi connectivity index (χ1n) is 5.90. The van der Waals surface area contributed by atoms with E-state index in [1.807, 2.05) is 25.2 Å². The largest absolute Gasteiger partial charge is 0.463 e. The molecule has 0 spiro atoms. The van der Waals surface area contributed by atoms with Gasteiger partial charge in [-0.1, -0.05) is 15.9 Å². The summed E-state index contributed by atoms with van der Waals surface area (Å²) < 4.78 is 8.37. The van der Waals surface area contributed by atoms with Gasteiger partial charge < -0.3 is 9.64 Å². The van der Waals surface area contributed by atoms with Crippen LogP contribution in [0, 0.1) is 0 Å². The van der Waals surface area contributed by atoms with E-state index in [1.54, 1.807) is 25.7 Å². The predicted octanol–water partition coefficient (Wildman–Crippen LogP) is 2.19. The van der Waals surface area contributed by atoms with Gasteiger partial charge >= 0.3 is 0 Å². The van der Waals surface area contributed by atoms with E-state index >= 15 is 0 Å². The molecule has 0 aliphatic rings. The van der Waals surface area contributed by atoms with Crippen molar-refractivity contribution < 1.29 is 9.53 Å². The topological polar surface area (TPSA) is 47.4 Å². The number of aryl methyl sites for hydroxylation is 1. The van der Waals surface area contributed by atoms with Gasteiger partial charge in [-0.15, -0.1) is 5.10 Å². The average Bonchev–Trinajstić information content (AvgIpc) is 2.64. The molecule has 102 valence electrons. The zero-order chi connectivity index (χ0) is 14.2. The Balaban J connectivity index is 2.35. The molecule has 0 bridgehead atoms. The molecule has 19 heavy (non-hydrogen) atoms. The van der Waals surface area contributed by atoms with Crippen LogP contribution in [0.2, 0.25) is 0 Å². The van der Waals surface area contributed by atoms with Gasteiger partial charge in [-0.05, 0) is 25.1 Å². The molecule has 0 saturated heterocycles. The van der Waals surface area contributed by atoms with Crippen LogP contribution in [-0.2, 0) is 11.8 Å². The fraction of sp³-hybridized carbons (Fsp3) is 0.385. The molecule has 5 nitrogen and oxygen atoms in total. The number of rotatable bonds is 3. The second-order valence-electron chi connectivity index (χ2n) is 4.58. The zero-order valence-electron chi connectivity index (χ0n) is 11.3. The molecular formula is C13H16BrN3O2. The third kappa shape index (κ3) is 2.73. The van der Waals surface area contributed by atoms with Crippen LogP contribution >= 0.6 is 15.9 Å². The highest BCUT2D eigenvalue weighted by atomic mass is 79.9. The van der Waals surface area contributed by atoms with Crippen molar-refractivity contribution in [1.29, 1.82) is 0 Å². The van der Waals surface area contributed by atoms with Crippen LogP contribution < -0.4 is 4.74 Å². The minimum absolute atomic E-state index is 0.0891. The summed E-state index contributed by atoms with van der Waals surface area (Å²) in [4.78, 5) is 13.3. The SMILES string of the molecule is C[C@H](Oc1nn(C)c2ccc(Br)cc12)C(=O)N(C)C. The third-order valence-corrected chi connectivity index (χ3v) is 3.35. The Morgan fingerprint density at radius 2 is 2.16 bits per heavy atom. The van der Waals surface area contributed by atoms with Crippen molar-refractivity contribution in [2.75, 3.05) is 14.1 Å². The first-order chi connectivity index (χ1) is 8.90. The maximum atomic E-state index is 11.8.